The van der Waals surface area contributed by atoms with Gasteiger partial charge in [-0.3, -0.25) is 5.10 Å². The van der Waals surface area contributed by atoms with Gasteiger partial charge in [0, 0.05) is 16.5 Å². The Labute approximate surface area is 190 Å². The SMILES string of the molecule is O=C(O)C=Cc1ccc(C(=C(c2ccccc2Cl)C2CC2)c2cccc3[nH]ncc23)cc1. The zero-order chi connectivity index (χ0) is 22.1. The first-order valence-electron chi connectivity index (χ1n) is 10.5. The van der Waals surface area contributed by atoms with Crippen LogP contribution < -0.4 is 0 Å². The van der Waals surface area contributed by atoms with Crippen molar-refractivity contribution >= 4 is 45.7 Å². The van der Waals surface area contributed by atoms with Crippen molar-refractivity contribution in [3.63, 3.8) is 0 Å². The summed E-state index contributed by atoms with van der Waals surface area (Å²) in [6, 6.07) is 22.2. The molecule has 3 aromatic carbocycles. The number of fused-ring (bicyclic) bond motifs is 1. The van der Waals surface area contributed by atoms with Gasteiger partial charge in [-0.25, -0.2) is 4.79 Å². The van der Waals surface area contributed by atoms with Crippen molar-refractivity contribution < 1.29 is 9.90 Å². The summed E-state index contributed by atoms with van der Waals surface area (Å²) in [5.41, 5.74) is 7.43. The maximum Gasteiger partial charge on any atom is 0.328 e. The molecule has 4 nitrogen and oxygen atoms in total. The van der Waals surface area contributed by atoms with Crippen molar-refractivity contribution in [2.24, 2.45) is 5.92 Å². The second-order valence-corrected chi connectivity index (χ2v) is 8.38. The number of hydrogen-bond acceptors (Lipinski definition) is 2. The highest BCUT2D eigenvalue weighted by molar-refractivity contribution is 6.33. The number of carbonyl (C=O) groups is 1. The zero-order valence-corrected chi connectivity index (χ0v) is 18.0. The van der Waals surface area contributed by atoms with Gasteiger partial charge in [0.15, 0.2) is 0 Å². The summed E-state index contributed by atoms with van der Waals surface area (Å²) in [4.78, 5) is 10.9. The lowest BCUT2D eigenvalue weighted by Crippen LogP contribution is -1.99. The van der Waals surface area contributed by atoms with E-state index < -0.39 is 5.97 Å². The fraction of sp³-hybridized carbons (Fsp3) is 0.111. The molecule has 0 amide bonds. The van der Waals surface area contributed by atoms with E-state index in [0.717, 1.165) is 62.7 Å². The van der Waals surface area contributed by atoms with Crippen LogP contribution in [0.25, 0.3) is 28.1 Å². The number of carboxylic acids is 1. The van der Waals surface area contributed by atoms with Gasteiger partial charge in [0.2, 0.25) is 0 Å². The Bertz CT molecular complexity index is 1360. The van der Waals surface area contributed by atoms with Crippen LogP contribution in [0.5, 0.6) is 0 Å². The third-order valence-electron chi connectivity index (χ3n) is 5.79. The Balaban J connectivity index is 1.77. The molecule has 32 heavy (non-hydrogen) atoms. The number of nitrogens with one attached hydrogen (secondary N) is 1. The van der Waals surface area contributed by atoms with Crippen LogP contribution in [-0.4, -0.2) is 21.3 Å². The lowest BCUT2D eigenvalue weighted by atomic mass is 9.85. The molecule has 1 aliphatic carbocycles. The summed E-state index contributed by atoms with van der Waals surface area (Å²) in [7, 11) is 0. The predicted molar refractivity (Wildman–Crippen MR) is 129 cm³/mol. The highest BCUT2D eigenvalue weighted by Crippen LogP contribution is 2.49. The first-order valence-corrected chi connectivity index (χ1v) is 10.9. The van der Waals surface area contributed by atoms with Crippen LogP contribution in [0.15, 0.2) is 79.0 Å². The first-order chi connectivity index (χ1) is 15.6. The molecule has 1 aromatic heterocycles. The van der Waals surface area contributed by atoms with E-state index in [1.165, 1.54) is 5.57 Å². The van der Waals surface area contributed by atoms with Crippen LogP contribution in [0.2, 0.25) is 5.02 Å². The summed E-state index contributed by atoms with van der Waals surface area (Å²) in [6.07, 6.45) is 6.88. The first kappa shape index (κ1) is 20.3. The van der Waals surface area contributed by atoms with Gasteiger partial charge in [0.25, 0.3) is 0 Å². The molecule has 1 saturated carbocycles. The number of hydrogen-bond donors (Lipinski definition) is 2. The number of carboxylic acid groups (broad SMARTS) is 1. The van der Waals surface area contributed by atoms with Gasteiger partial charge in [-0.1, -0.05) is 66.2 Å². The highest BCUT2D eigenvalue weighted by Gasteiger charge is 2.32. The minimum absolute atomic E-state index is 0.443. The molecule has 1 fully saturated rings. The topological polar surface area (TPSA) is 66.0 Å². The molecule has 5 rings (SSSR count). The standard InChI is InChI=1S/C27H21ClN2O2/c28-23-6-2-1-4-21(23)27(19-13-14-19)26(20-5-3-7-24-22(20)16-29-30-24)18-11-8-17(9-12-18)10-15-25(31)32/h1-12,15-16,19H,13-14H2,(H,29,30)(H,31,32). The van der Waals surface area contributed by atoms with Crippen molar-refractivity contribution in [2.75, 3.05) is 0 Å². The third-order valence-corrected chi connectivity index (χ3v) is 6.12. The average Bonchev–Trinajstić information content (AvgIpc) is 3.52. The molecule has 1 aliphatic rings. The molecule has 5 heteroatoms. The van der Waals surface area contributed by atoms with E-state index >= 15 is 0 Å². The van der Waals surface area contributed by atoms with Crippen molar-refractivity contribution in [1.82, 2.24) is 10.2 Å². The van der Waals surface area contributed by atoms with Gasteiger partial charge < -0.3 is 5.11 Å². The maximum atomic E-state index is 10.9. The van der Waals surface area contributed by atoms with Gasteiger partial charge >= 0.3 is 5.97 Å². The Morgan fingerprint density at radius 1 is 1.00 bits per heavy atom. The average molecular weight is 441 g/mol. The number of allylic oxidation sites excluding steroid dienone is 1. The summed E-state index contributed by atoms with van der Waals surface area (Å²) in [5, 5.41) is 18.1. The van der Waals surface area contributed by atoms with E-state index in [0.29, 0.717) is 5.92 Å². The second kappa shape index (κ2) is 8.48. The van der Waals surface area contributed by atoms with Gasteiger partial charge in [0.1, 0.15) is 0 Å². The van der Waals surface area contributed by atoms with Crippen LogP contribution in [0, 0.1) is 5.92 Å². The van der Waals surface area contributed by atoms with Crippen molar-refractivity contribution in [3.8, 4) is 0 Å². The monoisotopic (exact) mass is 440 g/mol. The minimum atomic E-state index is -0.962. The molecule has 0 bridgehead atoms. The van der Waals surface area contributed by atoms with E-state index in [1.807, 2.05) is 48.7 Å². The molecule has 0 radical (unpaired) electrons. The van der Waals surface area contributed by atoms with Crippen LogP contribution in [0.3, 0.4) is 0 Å². The molecule has 0 aliphatic heterocycles. The summed E-state index contributed by atoms with van der Waals surface area (Å²) >= 11 is 6.69. The fourth-order valence-corrected chi connectivity index (χ4v) is 4.42. The molecule has 158 valence electrons. The molecule has 0 unspecified atom stereocenters. The van der Waals surface area contributed by atoms with E-state index in [4.69, 9.17) is 16.7 Å². The number of aliphatic carboxylic acids is 1. The molecule has 2 N–H and O–H groups in total. The summed E-state index contributed by atoms with van der Waals surface area (Å²) < 4.78 is 0. The van der Waals surface area contributed by atoms with E-state index in [2.05, 4.69) is 34.5 Å². The van der Waals surface area contributed by atoms with Crippen LogP contribution in [0.4, 0.5) is 0 Å². The Hall–Kier alpha value is -3.63. The van der Waals surface area contributed by atoms with Crippen molar-refractivity contribution in [1.29, 1.82) is 0 Å². The maximum absolute atomic E-state index is 10.9. The Kier molecular flexibility index (Phi) is 5.38. The molecule has 0 atom stereocenters. The molecular formula is C27H21ClN2O2. The number of H-pyrrole nitrogens is 1. The van der Waals surface area contributed by atoms with Crippen LogP contribution in [0.1, 0.15) is 35.1 Å². The Morgan fingerprint density at radius 3 is 2.47 bits per heavy atom. The quantitative estimate of drug-likeness (QED) is 0.259. The minimum Gasteiger partial charge on any atom is -0.478 e. The van der Waals surface area contributed by atoms with E-state index in [1.54, 1.807) is 6.08 Å². The molecule has 0 saturated heterocycles. The van der Waals surface area contributed by atoms with Gasteiger partial charge in [-0.2, -0.15) is 5.10 Å². The van der Waals surface area contributed by atoms with Gasteiger partial charge in [-0.05, 0) is 70.4 Å². The number of aromatic amines is 1. The zero-order valence-electron chi connectivity index (χ0n) is 17.3. The van der Waals surface area contributed by atoms with Crippen LogP contribution >= 0.6 is 11.6 Å². The molecule has 0 spiro atoms. The number of halogens is 1. The van der Waals surface area contributed by atoms with E-state index in [-0.39, 0.29) is 0 Å². The number of rotatable bonds is 6. The number of aromatic nitrogens is 2. The van der Waals surface area contributed by atoms with Gasteiger partial charge in [0.05, 0.1) is 11.7 Å². The largest absolute Gasteiger partial charge is 0.478 e. The predicted octanol–water partition coefficient (Wildman–Crippen LogP) is 6.68. The van der Waals surface area contributed by atoms with E-state index in [9.17, 15) is 4.79 Å². The lowest BCUT2D eigenvalue weighted by molar-refractivity contribution is -0.131. The number of benzene rings is 3. The fourth-order valence-electron chi connectivity index (χ4n) is 4.18. The Morgan fingerprint density at radius 2 is 1.75 bits per heavy atom. The summed E-state index contributed by atoms with van der Waals surface area (Å²) in [6.45, 7) is 0. The lowest BCUT2D eigenvalue weighted by Gasteiger charge is -2.19. The van der Waals surface area contributed by atoms with Crippen molar-refractivity contribution in [2.45, 2.75) is 12.8 Å². The smallest absolute Gasteiger partial charge is 0.328 e. The highest BCUT2D eigenvalue weighted by atomic mass is 35.5. The van der Waals surface area contributed by atoms with Crippen LogP contribution in [-0.2, 0) is 4.79 Å². The number of nitrogens with zero attached hydrogens (tertiary/aromatic N) is 1. The second-order valence-electron chi connectivity index (χ2n) is 7.97. The molecule has 1 heterocycles. The van der Waals surface area contributed by atoms with Crippen molar-refractivity contribution in [3.05, 3.63) is 106 Å². The summed E-state index contributed by atoms with van der Waals surface area (Å²) in [5.74, 6) is -0.519. The third kappa shape index (κ3) is 3.97. The van der Waals surface area contributed by atoms with Gasteiger partial charge in [-0.15, -0.1) is 0 Å². The molecule has 4 aromatic rings. The normalized spacial score (nSPS) is 14.7. The molecular weight excluding hydrogens is 420 g/mol.